The number of thioether (sulfide) groups is 1. The first-order valence-corrected chi connectivity index (χ1v) is 6.61. The van der Waals surface area contributed by atoms with Gasteiger partial charge in [-0.15, -0.1) is 0 Å². The lowest BCUT2D eigenvalue weighted by atomic mass is 10.1. The lowest BCUT2D eigenvalue weighted by molar-refractivity contribution is -0.124. The Morgan fingerprint density at radius 1 is 1.40 bits per heavy atom. The first-order valence-electron chi connectivity index (χ1n) is 5.46. The highest BCUT2D eigenvalue weighted by atomic mass is 32.2. The van der Waals surface area contributed by atoms with Crippen LogP contribution in [-0.4, -0.2) is 35.7 Å². The maximum absolute atomic E-state index is 11.5. The molecule has 2 N–H and O–H groups in total. The first kappa shape index (κ1) is 12.6. The summed E-state index contributed by atoms with van der Waals surface area (Å²) in [6, 6.07) is 0. The molecule has 0 saturated carbocycles. The summed E-state index contributed by atoms with van der Waals surface area (Å²) >= 11 is 1.77. The van der Waals surface area contributed by atoms with Crippen LogP contribution in [-0.2, 0) is 4.79 Å². The molecule has 0 atom stereocenters. The van der Waals surface area contributed by atoms with Crippen LogP contribution in [0.1, 0.15) is 19.3 Å². The summed E-state index contributed by atoms with van der Waals surface area (Å²) in [6.07, 6.45) is 6.76. The number of aliphatic hydroxyl groups is 1. The zero-order valence-corrected chi connectivity index (χ0v) is 9.76. The van der Waals surface area contributed by atoms with Crippen molar-refractivity contribution in [3.8, 4) is 0 Å². The predicted octanol–water partition coefficient (Wildman–Crippen LogP) is 1.18. The fraction of sp³-hybridized carbons (Fsp3) is 0.727. The predicted molar refractivity (Wildman–Crippen MR) is 63.9 cm³/mol. The van der Waals surface area contributed by atoms with Crippen LogP contribution in [0.3, 0.4) is 0 Å². The van der Waals surface area contributed by atoms with Gasteiger partial charge in [0.2, 0.25) is 5.91 Å². The Labute approximate surface area is 95.3 Å². The molecule has 0 spiro atoms. The van der Waals surface area contributed by atoms with Gasteiger partial charge in [0.15, 0.2) is 0 Å². The molecule has 1 aliphatic rings. The second-order valence-corrected chi connectivity index (χ2v) is 4.85. The van der Waals surface area contributed by atoms with Gasteiger partial charge in [-0.05, 0) is 25.0 Å². The Kier molecular flexibility index (Phi) is 6.52. The van der Waals surface area contributed by atoms with E-state index < -0.39 is 0 Å². The van der Waals surface area contributed by atoms with E-state index in [9.17, 15) is 4.79 Å². The summed E-state index contributed by atoms with van der Waals surface area (Å²) in [6.45, 7) is 0.999. The molecule has 15 heavy (non-hydrogen) atoms. The van der Waals surface area contributed by atoms with Gasteiger partial charge in [-0.2, -0.15) is 11.8 Å². The molecule has 0 saturated heterocycles. The number of hydrogen-bond donors (Lipinski definition) is 2. The Balaban J connectivity index is 1.93. The van der Waals surface area contributed by atoms with E-state index in [4.69, 9.17) is 5.11 Å². The van der Waals surface area contributed by atoms with Gasteiger partial charge in [0, 0.05) is 24.8 Å². The van der Waals surface area contributed by atoms with Gasteiger partial charge in [0.25, 0.3) is 0 Å². The summed E-state index contributed by atoms with van der Waals surface area (Å²) in [5, 5.41) is 11.5. The molecule has 0 aliphatic heterocycles. The van der Waals surface area contributed by atoms with Crippen molar-refractivity contribution in [2.45, 2.75) is 19.3 Å². The van der Waals surface area contributed by atoms with E-state index in [0.717, 1.165) is 37.3 Å². The molecule has 86 valence electrons. The van der Waals surface area contributed by atoms with Crippen molar-refractivity contribution in [1.82, 2.24) is 5.32 Å². The summed E-state index contributed by atoms with van der Waals surface area (Å²) in [7, 11) is 0. The topological polar surface area (TPSA) is 49.3 Å². The molecule has 0 aromatic rings. The minimum Gasteiger partial charge on any atom is -0.396 e. The van der Waals surface area contributed by atoms with Crippen molar-refractivity contribution in [3.63, 3.8) is 0 Å². The Bertz CT molecular complexity index is 211. The highest BCUT2D eigenvalue weighted by Gasteiger charge is 2.17. The smallest absolute Gasteiger partial charge is 0.223 e. The van der Waals surface area contributed by atoms with E-state index in [1.807, 2.05) is 0 Å². The van der Waals surface area contributed by atoms with E-state index in [0.29, 0.717) is 0 Å². The zero-order valence-electron chi connectivity index (χ0n) is 8.95. The standard InChI is InChI=1S/C11H19NO2S/c13-7-3-8-15-9-6-12-11(14)10-4-1-2-5-10/h1-2,10,13H,3-9H2,(H,12,14). The van der Waals surface area contributed by atoms with Gasteiger partial charge in [0.1, 0.15) is 0 Å². The van der Waals surface area contributed by atoms with Crippen molar-refractivity contribution >= 4 is 17.7 Å². The molecule has 1 rings (SSSR count). The first-order chi connectivity index (χ1) is 7.34. The fourth-order valence-corrected chi connectivity index (χ4v) is 2.27. The van der Waals surface area contributed by atoms with E-state index in [1.54, 1.807) is 11.8 Å². The van der Waals surface area contributed by atoms with Crippen LogP contribution in [0, 0.1) is 5.92 Å². The Morgan fingerprint density at radius 2 is 2.13 bits per heavy atom. The summed E-state index contributed by atoms with van der Waals surface area (Å²) in [5.74, 6) is 2.26. The molecule has 0 unspecified atom stereocenters. The molecule has 0 aromatic carbocycles. The number of aliphatic hydroxyl groups excluding tert-OH is 1. The number of allylic oxidation sites excluding steroid dienone is 2. The molecule has 3 nitrogen and oxygen atoms in total. The van der Waals surface area contributed by atoms with Crippen LogP contribution in [0.4, 0.5) is 0 Å². The van der Waals surface area contributed by atoms with Crippen molar-refractivity contribution in [3.05, 3.63) is 12.2 Å². The number of carbonyl (C=O) groups is 1. The lowest BCUT2D eigenvalue weighted by Gasteiger charge is -2.09. The van der Waals surface area contributed by atoms with E-state index in [1.165, 1.54) is 0 Å². The van der Waals surface area contributed by atoms with Crippen LogP contribution in [0.15, 0.2) is 12.2 Å². The van der Waals surface area contributed by atoms with Gasteiger partial charge in [-0.3, -0.25) is 4.79 Å². The van der Waals surface area contributed by atoms with Crippen molar-refractivity contribution in [1.29, 1.82) is 0 Å². The SMILES string of the molecule is O=C(NCCSCCCO)C1CC=CC1. The van der Waals surface area contributed by atoms with E-state index >= 15 is 0 Å². The second kappa shape index (κ2) is 7.77. The summed E-state index contributed by atoms with van der Waals surface area (Å²) in [5.41, 5.74) is 0. The average Bonchev–Trinajstić information content (AvgIpc) is 2.76. The normalized spacial score (nSPS) is 15.8. The summed E-state index contributed by atoms with van der Waals surface area (Å²) in [4.78, 5) is 11.5. The van der Waals surface area contributed by atoms with Gasteiger partial charge in [-0.1, -0.05) is 12.2 Å². The minimum absolute atomic E-state index is 0.174. The molecule has 0 heterocycles. The van der Waals surface area contributed by atoms with Crippen molar-refractivity contribution in [2.75, 3.05) is 24.7 Å². The molecule has 1 aliphatic carbocycles. The number of amides is 1. The number of nitrogens with one attached hydrogen (secondary N) is 1. The van der Waals surface area contributed by atoms with Crippen molar-refractivity contribution < 1.29 is 9.90 Å². The fourth-order valence-electron chi connectivity index (χ4n) is 1.49. The highest BCUT2D eigenvalue weighted by molar-refractivity contribution is 7.99. The van der Waals surface area contributed by atoms with Crippen molar-refractivity contribution in [2.24, 2.45) is 5.92 Å². The van der Waals surface area contributed by atoms with Gasteiger partial charge in [-0.25, -0.2) is 0 Å². The van der Waals surface area contributed by atoms with E-state index in [2.05, 4.69) is 17.5 Å². The molecule has 1 amide bonds. The average molecular weight is 229 g/mol. The van der Waals surface area contributed by atoms with Crippen LogP contribution >= 0.6 is 11.8 Å². The highest BCUT2D eigenvalue weighted by Crippen LogP contribution is 2.17. The third-order valence-electron chi connectivity index (χ3n) is 2.37. The van der Waals surface area contributed by atoms with Gasteiger partial charge in [0.05, 0.1) is 0 Å². The molecule has 0 bridgehead atoms. The Hall–Kier alpha value is -0.480. The Morgan fingerprint density at radius 3 is 2.80 bits per heavy atom. The lowest BCUT2D eigenvalue weighted by Crippen LogP contribution is -2.31. The number of carbonyl (C=O) groups excluding carboxylic acids is 1. The van der Waals surface area contributed by atoms with E-state index in [-0.39, 0.29) is 18.4 Å². The zero-order chi connectivity index (χ0) is 10.9. The molecule has 0 fully saturated rings. The maximum atomic E-state index is 11.5. The second-order valence-electron chi connectivity index (χ2n) is 3.62. The molecular weight excluding hydrogens is 210 g/mol. The maximum Gasteiger partial charge on any atom is 0.223 e. The summed E-state index contributed by atoms with van der Waals surface area (Å²) < 4.78 is 0. The third kappa shape index (κ3) is 5.23. The monoisotopic (exact) mass is 229 g/mol. The quantitative estimate of drug-likeness (QED) is 0.509. The van der Waals surface area contributed by atoms with Crippen LogP contribution in [0.2, 0.25) is 0 Å². The molecular formula is C11H19NO2S. The van der Waals surface area contributed by atoms with Crippen LogP contribution < -0.4 is 5.32 Å². The van der Waals surface area contributed by atoms with Crippen LogP contribution in [0.5, 0.6) is 0 Å². The van der Waals surface area contributed by atoms with Gasteiger partial charge < -0.3 is 10.4 Å². The van der Waals surface area contributed by atoms with Crippen LogP contribution in [0.25, 0.3) is 0 Å². The molecule has 0 radical (unpaired) electrons. The number of hydrogen-bond acceptors (Lipinski definition) is 3. The number of rotatable bonds is 7. The molecule has 4 heteroatoms. The largest absolute Gasteiger partial charge is 0.396 e. The molecule has 0 aromatic heterocycles. The minimum atomic E-state index is 0.174. The van der Waals surface area contributed by atoms with Gasteiger partial charge >= 0.3 is 0 Å². The third-order valence-corrected chi connectivity index (χ3v) is 3.44.